The lowest BCUT2D eigenvalue weighted by molar-refractivity contribution is 0.646. The van der Waals surface area contributed by atoms with E-state index in [0.29, 0.717) is 11.5 Å². The molecule has 1 aliphatic rings. The summed E-state index contributed by atoms with van der Waals surface area (Å²) in [4.78, 5) is 12.8. The molecule has 6 nitrogen and oxygen atoms in total. The highest BCUT2D eigenvalue weighted by Crippen LogP contribution is 2.27. The summed E-state index contributed by atoms with van der Waals surface area (Å²) in [5, 5.41) is 0. The van der Waals surface area contributed by atoms with E-state index in [1.54, 1.807) is 0 Å². The number of anilines is 4. The second kappa shape index (κ2) is 5.71. The van der Waals surface area contributed by atoms with Gasteiger partial charge in [0, 0.05) is 31.9 Å². The first kappa shape index (κ1) is 14.4. The van der Waals surface area contributed by atoms with Crippen molar-refractivity contribution in [2.45, 2.75) is 13.8 Å². The molecule has 116 valence electrons. The van der Waals surface area contributed by atoms with Crippen LogP contribution in [0.4, 0.5) is 23.0 Å². The number of rotatable bonds is 2. The molecule has 1 aliphatic heterocycles. The fourth-order valence-electron chi connectivity index (χ4n) is 2.89. The Morgan fingerprint density at radius 3 is 2.36 bits per heavy atom. The summed E-state index contributed by atoms with van der Waals surface area (Å²) in [6.45, 7) is 7.95. The number of aryl methyl sites for hydroxylation is 1. The van der Waals surface area contributed by atoms with Crippen molar-refractivity contribution in [2.75, 3.05) is 47.4 Å². The molecule has 0 unspecified atom stereocenters. The molecule has 0 bridgehead atoms. The molecule has 0 saturated carbocycles. The van der Waals surface area contributed by atoms with Crippen LogP contribution in [0.2, 0.25) is 0 Å². The van der Waals surface area contributed by atoms with Crippen LogP contribution in [0.3, 0.4) is 0 Å². The lowest BCUT2D eigenvalue weighted by atomic mass is 10.1. The number of nitrogens with zero attached hydrogens (tertiary/aromatic N) is 4. The van der Waals surface area contributed by atoms with Crippen LogP contribution in [0.1, 0.15) is 11.1 Å². The van der Waals surface area contributed by atoms with Gasteiger partial charge >= 0.3 is 0 Å². The molecular formula is C16H22N6. The van der Waals surface area contributed by atoms with Crippen molar-refractivity contribution in [3.63, 3.8) is 0 Å². The SMILES string of the molecule is Cc1cccc(N2CCN(c3ncnc(N)c3N)CC2)c1C. The Labute approximate surface area is 130 Å². The summed E-state index contributed by atoms with van der Waals surface area (Å²) in [5.74, 6) is 1.09. The molecule has 2 heterocycles. The van der Waals surface area contributed by atoms with E-state index >= 15 is 0 Å². The normalized spacial score (nSPS) is 15.2. The summed E-state index contributed by atoms with van der Waals surface area (Å²) in [7, 11) is 0. The highest BCUT2D eigenvalue weighted by molar-refractivity contribution is 5.73. The average Bonchev–Trinajstić information content (AvgIpc) is 2.53. The first-order valence-electron chi connectivity index (χ1n) is 7.50. The summed E-state index contributed by atoms with van der Waals surface area (Å²) in [6, 6.07) is 6.46. The molecular weight excluding hydrogens is 276 g/mol. The quantitative estimate of drug-likeness (QED) is 0.876. The zero-order valence-electron chi connectivity index (χ0n) is 13.1. The third-order valence-corrected chi connectivity index (χ3v) is 4.39. The van der Waals surface area contributed by atoms with Gasteiger partial charge in [-0.05, 0) is 31.0 Å². The molecule has 0 spiro atoms. The van der Waals surface area contributed by atoms with E-state index < -0.39 is 0 Å². The molecule has 1 aromatic heterocycles. The van der Waals surface area contributed by atoms with Gasteiger partial charge < -0.3 is 21.3 Å². The molecule has 3 rings (SSSR count). The van der Waals surface area contributed by atoms with E-state index in [9.17, 15) is 0 Å². The molecule has 22 heavy (non-hydrogen) atoms. The van der Waals surface area contributed by atoms with E-state index in [4.69, 9.17) is 11.5 Å². The molecule has 0 radical (unpaired) electrons. The van der Waals surface area contributed by atoms with Crippen LogP contribution in [0.15, 0.2) is 24.5 Å². The lowest BCUT2D eigenvalue weighted by Crippen LogP contribution is -2.47. The Balaban J connectivity index is 1.75. The van der Waals surface area contributed by atoms with Gasteiger partial charge in [-0.25, -0.2) is 9.97 Å². The second-order valence-corrected chi connectivity index (χ2v) is 5.69. The molecule has 0 atom stereocenters. The van der Waals surface area contributed by atoms with Crippen LogP contribution in [-0.2, 0) is 0 Å². The van der Waals surface area contributed by atoms with Crippen molar-refractivity contribution in [3.8, 4) is 0 Å². The van der Waals surface area contributed by atoms with Gasteiger partial charge in [-0.15, -0.1) is 0 Å². The van der Waals surface area contributed by atoms with E-state index in [1.165, 1.54) is 23.1 Å². The summed E-state index contributed by atoms with van der Waals surface area (Å²) >= 11 is 0. The zero-order chi connectivity index (χ0) is 15.7. The smallest absolute Gasteiger partial charge is 0.157 e. The van der Waals surface area contributed by atoms with Crippen molar-refractivity contribution in [2.24, 2.45) is 0 Å². The van der Waals surface area contributed by atoms with E-state index in [-0.39, 0.29) is 0 Å². The third-order valence-electron chi connectivity index (χ3n) is 4.39. The van der Waals surface area contributed by atoms with Gasteiger partial charge in [0.1, 0.15) is 12.0 Å². The molecule has 4 N–H and O–H groups in total. The fraction of sp³-hybridized carbons (Fsp3) is 0.375. The maximum absolute atomic E-state index is 6.00. The monoisotopic (exact) mass is 298 g/mol. The molecule has 1 aromatic carbocycles. The van der Waals surface area contributed by atoms with Crippen LogP contribution in [0.25, 0.3) is 0 Å². The highest BCUT2D eigenvalue weighted by Gasteiger charge is 2.21. The van der Waals surface area contributed by atoms with E-state index in [0.717, 1.165) is 32.0 Å². The number of benzene rings is 1. The van der Waals surface area contributed by atoms with Gasteiger partial charge in [-0.2, -0.15) is 0 Å². The Hall–Kier alpha value is -2.50. The maximum atomic E-state index is 6.00. The molecule has 1 saturated heterocycles. The highest BCUT2D eigenvalue weighted by atomic mass is 15.3. The lowest BCUT2D eigenvalue weighted by Gasteiger charge is -2.37. The molecule has 2 aromatic rings. The number of hydrogen-bond donors (Lipinski definition) is 2. The van der Waals surface area contributed by atoms with Crippen LogP contribution in [-0.4, -0.2) is 36.1 Å². The topological polar surface area (TPSA) is 84.3 Å². The van der Waals surface area contributed by atoms with E-state index in [1.807, 2.05) is 0 Å². The summed E-state index contributed by atoms with van der Waals surface area (Å²) in [6.07, 6.45) is 1.47. The summed E-state index contributed by atoms with van der Waals surface area (Å²) in [5.41, 5.74) is 16.2. The van der Waals surface area contributed by atoms with Crippen molar-refractivity contribution >= 4 is 23.0 Å². The Morgan fingerprint density at radius 2 is 1.64 bits per heavy atom. The number of nitrogens with two attached hydrogens (primary N) is 2. The number of nitrogen functional groups attached to an aromatic ring is 2. The van der Waals surface area contributed by atoms with Gasteiger partial charge in [0.15, 0.2) is 11.6 Å². The standard InChI is InChI=1S/C16H22N6/c1-11-4-3-5-13(12(11)2)21-6-8-22(9-7-21)16-14(17)15(18)19-10-20-16/h3-5,10H,6-9,17H2,1-2H3,(H2,18,19,20). The van der Waals surface area contributed by atoms with Crippen LogP contribution >= 0.6 is 0 Å². The van der Waals surface area contributed by atoms with Crippen LogP contribution in [0, 0.1) is 13.8 Å². The Bertz CT molecular complexity index is 617. The van der Waals surface area contributed by atoms with Gasteiger partial charge in [-0.1, -0.05) is 12.1 Å². The largest absolute Gasteiger partial charge is 0.393 e. The van der Waals surface area contributed by atoms with Gasteiger partial charge in [0.2, 0.25) is 0 Å². The molecule has 6 heteroatoms. The Kier molecular flexibility index (Phi) is 3.75. The van der Waals surface area contributed by atoms with Gasteiger partial charge in [0.25, 0.3) is 0 Å². The predicted molar refractivity (Wildman–Crippen MR) is 91.2 cm³/mol. The van der Waals surface area contributed by atoms with Crippen LogP contribution in [0.5, 0.6) is 0 Å². The number of aromatic nitrogens is 2. The number of hydrogen-bond acceptors (Lipinski definition) is 6. The maximum Gasteiger partial charge on any atom is 0.157 e. The Morgan fingerprint density at radius 1 is 0.955 bits per heavy atom. The van der Waals surface area contributed by atoms with Crippen molar-refractivity contribution in [1.29, 1.82) is 0 Å². The first-order chi connectivity index (χ1) is 10.6. The minimum Gasteiger partial charge on any atom is -0.393 e. The predicted octanol–water partition coefficient (Wildman–Crippen LogP) is 1.58. The molecule has 0 amide bonds. The van der Waals surface area contributed by atoms with Gasteiger partial charge in [-0.3, -0.25) is 0 Å². The minimum absolute atomic E-state index is 0.349. The van der Waals surface area contributed by atoms with Crippen LogP contribution < -0.4 is 21.3 Å². The molecule has 1 fully saturated rings. The first-order valence-corrected chi connectivity index (χ1v) is 7.50. The average molecular weight is 298 g/mol. The zero-order valence-corrected chi connectivity index (χ0v) is 13.1. The fourth-order valence-corrected chi connectivity index (χ4v) is 2.89. The van der Waals surface area contributed by atoms with Gasteiger partial charge in [0.05, 0.1) is 0 Å². The van der Waals surface area contributed by atoms with Crippen molar-refractivity contribution < 1.29 is 0 Å². The third kappa shape index (κ3) is 2.52. The molecule has 0 aliphatic carbocycles. The number of piperazine rings is 1. The second-order valence-electron chi connectivity index (χ2n) is 5.69. The summed E-state index contributed by atoms with van der Waals surface area (Å²) < 4.78 is 0. The van der Waals surface area contributed by atoms with Crippen molar-refractivity contribution in [1.82, 2.24) is 9.97 Å². The van der Waals surface area contributed by atoms with Crippen molar-refractivity contribution in [3.05, 3.63) is 35.7 Å². The van der Waals surface area contributed by atoms with E-state index in [2.05, 4.69) is 51.8 Å². The minimum atomic E-state index is 0.349.